The topological polar surface area (TPSA) is 41.5 Å². The number of nitrogens with one attached hydrogen (secondary N) is 1. The van der Waals surface area contributed by atoms with E-state index in [2.05, 4.69) is 33.0 Å². The van der Waals surface area contributed by atoms with Crippen molar-refractivity contribution in [3.8, 4) is 0 Å². The maximum atomic E-state index is 9.57. The summed E-state index contributed by atoms with van der Waals surface area (Å²) >= 11 is 0. The van der Waals surface area contributed by atoms with Gasteiger partial charge in [-0.2, -0.15) is 0 Å². The third kappa shape index (κ3) is 3.14. The van der Waals surface area contributed by atoms with E-state index in [4.69, 9.17) is 4.74 Å². The Labute approximate surface area is 118 Å². The maximum absolute atomic E-state index is 9.57. The lowest BCUT2D eigenvalue weighted by Gasteiger charge is -2.60. The van der Waals surface area contributed by atoms with Gasteiger partial charge in [0.15, 0.2) is 0 Å². The Morgan fingerprint density at radius 1 is 1.42 bits per heavy atom. The monoisotopic (exact) mass is 269 g/mol. The van der Waals surface area contributed by atoms with Gasteiger partial charge in [0, 0.05) is 30.5 Å². The first-order valence-corrected chi connectivity index (χ1v) is 7.77. The second-order valence-corrected chi connectivity index (χ2v) is 7.99. The normalized spacial score (nSPS) is 35.4. The fourth-order valence-electron chi connectivity index (χ4n) is 4.20. The number of ether oxygens (including phenoxy) is 1. The van der Waals surface area contributed by atoms with Gasteiger partial charge in [-0.1, -0.05) is 27.7 Å². The molecule has 0 spiro atoms. The van der Waals surface area contributed by atoms with Gasteiger partial charge in [0.05, 0.1) is 12.2 Å². The van der Waals surface area contributed by atoms with Gasteiger partial charge in [-0.05, 0) is 31.6 Å². The first-order chi connectivity index (χ1) is 8.74. The van der Waals surface area contributed by atoms with Crippen LogP contribution < -0.4 is 5.32 Å². The Kier molecular flexibility index (Phi) is 4.29. The molecule has 3 heteroatoms. The van der Waals surface area contributed by atoms with Gasteiger partial charge in [0.2, 0.25) is 0 Å². The molecule has 0 amide bonds. The van der Waals surface area contributed by atoms with Crippen LogP contribution in [-0.2, 0) is 4.74 Å². The summed E-state index contributed by atoms with van der Waals surface area (Å²) < 4.78 is 5.94. The van der Waals surface area contributed by atoms with Crippen LogP contribution in [0.25, 0.3) is 0 Å². The number of aliphatic hydroxyl groups excluding tert-OH is 1. The average molecular weight is 269 g/mol. The zero-order valence-electron chi connectivity index (χ0n) is 13.2. The highest BCUT2D eigenvalue weighted by Crippen LogP contribution is 2.51. The Balaban J connectivity index is 1.89. The van der Waals surface area contributed by atoms with Crippen LogP contribution >= 0.6 is 0 Å². The van der Waals surface area contributed by atoms with Crippen molar-refractivity contribution in [1.82, 2.24) is 5.32 Å². The zero-order valence-corrected chi connectivity index (χ0v) is 13.2. The summed E-state index contributed by atoms with van der Waals surface area (Å²) in [4.78, 5) is 0. The molecule has 1 saturated heterocycles. The standard InChI is InChI=1S/C16H31NO2/c1-11(18)9-15(2,3)10-17-13-12-7-6-8-19-14(12)16(13,4)5/h11-14,17-18H,6-10H2,1-5H3. The minimum absolute atomic E-state index is 0.144. The van der Waals surface area contributed by atoms with E-state index in [9.17, 15) is 5.11 Å². The Bertz CT molecular complexity index is 312. The number of fused-ring (bicyclic) bond motifs is 1. The molecule has 0 aromatic heterocycles. The molecule has 0 aromatic rings. The van der Waals surface area contributed by atoms with Gasteiger partial charge in [-0.3, -0.25) is 0 Å². The smallest absolute Gasteiger partial charge is 0.0684 e. The van der Waals surface area contributed by atoms with Crippen LogP contribution in [-0.4, -0.2) is 36.5 Å². The van der Waals surface area contributed by atoms with E-state index < -0.39 is 0 Å². The van der Waals surface area contributed by atoms with Gasteiger partial charge in [-0.15, -0.1) is 0 Å². The molecule has 0 bridgehead atoms. The third-order valence-electron chi connectivity index (χ3n) is 4.98. The minimum atomic E-state index is -0.225. The number of aliphatic hydroxyl groups is 1. The summed E-state index contributed by atoms with van der Waals surface area (Å²) in [6.07, 6.45) is 3.56. The van der Waals surface area contributed by atoms with Crippen LogP contribution in [0.5, 0.6) is 0 Å². The van der Waals surface area contributed by atoms with E-state index in [1.54, 1.807) is 0 Å². The van der Waals surface area contributed by atoms with Gasteiger partial charge in [-0.25, -0.2) is 0 Å². The Hall–Kier alpha value is -0.120. The predicted octanol–water partition coefficient (Wildman–Crippen LogP) is 2.58. The molecule has 4 atom stereocenters. The summed E-state index contributed by atoms with van der Waals surface area (Å²) in [5.41, 5.74) is 0.386. The van der Waals surface area contributed by atoms with E-state index in [-0.39, 0.29) is 16.9 Å². The SMILES string of the molecule is CC(O)CC(C)(C)CNC1C2CCCOC2C1(C)C. The van der Waals surface area contributed by atoms with Crippen molar-refractivity contribution < 1.29 is 9.84 Å². The van der Waals surface area contributed by atoms with E-state index in [0.29, 0.717) is 18.1 Å². The highest BCUT2D eigenvalue weighted by molar-refractivity contribution is 5.10. The number of rotatable bonds is 5. The summed E-state index contributed by atoms with van der Waals surface area (Å²) in [6, 6.07) is 0.561. The minimum Gasteiger partial charge on any atom is -0.393 e. The van der Waals surface area contributed by atoms with E-state index in [1.165, 1.54) is 12.8 Å². The molecule has 0 radical (unpaired) electrons. The molecule has 1 aliphatic carbocycles. The number of hydrogen-bond acceptors (Lipinski definition) is 3. The second kappa shape index (κ2) is 5.34. The van der Waals surface area contributed by atoms with E-state index in [0.717, 1.165) is 19.6 Å². The molecule has 112 valence electrons. The maximum Gasteiger partial charge on any atom is 0.0684 e. The van der Waals surface area contributed by atoms with Crippen LogP contribution in [0.4, 0.5) is 0 Å². The molecule has 1 saturated carbocycles. The lowest BCUT2D eigenvalue weighted by molar-refractivity contribution is -0.193. The van der Waals surface area contributed by atoms with Crippen molar-refractivity contribution >= 4 is 0 Å². The van der Waals surface area contributed by atoms with Crippen molar-refractivity contribution in [2.45, 2.75) is 72.1 Å². The summed E-state index contributed by atoms with van der Waals surface area (Å²) in [5, 5.41) is 13.3. The largest absolute Gasteiger partial charge is 0.393 e. The summed E-state index contributed by atoms with van der Waals surface area (Å²) in [7, 11) is 0. The van der Waals surface area contributed by atoms with Crippen molar-refractivity contribution in [2.75, 3.05) is 13.2 Å². The fraction of sp³-hybridized carbons (Fsp3) is 1.00. The van der Waals surface area contributed by atoms with Crippen molar-refractivity contribution in [3.05, 3.63) is 0 Å². The highest BCUT2D eigenvalue weighted by Gasteiger charge is 2.57. The first-order valence-electron chi connectivity index (χ1n) is 7.77. The van der Waals surface area contributed by atoms with Crippen molar-refractivity contribution in [3.63, 3.8) is 0 Å². The molecule has 2 N–H and O–H groups in total. The van der Waals surface area contributed by atoms with Crippen LogP contribution in [0.1, 0.15) is 53.9 Å². The molecule has 2 rings (SSSR count). The summed E-state index contributed by atoms with van der Waals surface area (Å²) in [6.45, 7) is 12.9. The molecule has 1 heterocycles. The molecule has 2 aliphatic rings. The Morgan fingerprint density at radius 3 is 2.74 bits per heavy atom. The molecule has 2 fully saturated rings. The summed E-state index contributed by atoms with van der Waals surface area (Å²) in [5.74, 6) is 0.686. The van der Waals surface area contributed by atoms with E-state index in [1.807, 2.05) is 6.92 Å². The van der Waals surface area contributed by atoms with Crippen LogP contribution in [0.2, 0.25) is 0 Å². The molecule has 4 unspecified atom stereocenters. The van der Waals surface area contributed by atoms with E-state index >= 15 is 0 Å². The second-order valence-electron chi connectivity index (χ2n) is 7.99. The molecular weight excluding hydrogens is 238 g/mol. The average Bonchev–Trinajstić information content (AvgIpc) is 2.26. The molecule has 3 nitrogen and oxygen atoms in total. The van der Waals surface area contributed by atoms with Crippen LogP contribution in [0.15, 0.2) is 0 Å². The highest BCUT2D eigenvalue weighted by atomic mass is 16.5. The predicted molar refractivity (Wildman–Crippen MR) is 78.1 cm³/mol. The molecule has 1 aliphatic heterocycles. The van der Waals surface area contributed by atoms with Gasteiger partial charge < -0.3 is 15.2 Å². The first kappa shape index (κ1) is 15.3. The molecule has 0 aromatic carbocycles. The quantitative estimate of drug-likeness (QED) is 0.806. The van der Waals surface area contributed by atoms with Gasteiger partial charge in [0.1, 0.15) is 0 Å². The van der Waals surface area contributed by atoms with Crippen LogP contribution in [0.3, 0.4) is 0 Å². The lowest BCUT2D eigenvalue weighted by atomic mass is 9.55. The van der Waals surface area contributed by atoms with Gasteiger partial charge in [0.25, 0.3) is 0 Å². The fourth-order valence-corrected chi connectivity index (χ4v) is 4.20. The van der Waals surface area contributed by atoms with Crippen molar-refractivity contribution in [2.24, 2.45) is 16.7 Å². The molecular formula is C16H31NO2. The third-order valence-corrected chi connectivity index (χ3v) is 4.98. The lowest BCUT2D eigenvalue weighted by Crippen LogP contribution is -2.69. The van der Waals surface area contributed by atoms with Crippen LogP contribution in [0, 0.1) is 16.7 Å². The molecule has 19 heavy (non-hydrogen) atoms. The van der Waals surface area contributed by atoms with Crippen molar-refractivity contribution in [1.29, 1.82) is 0 Å². The number of hydrogen-bond donors (Lipinski definition) is 2. The Morgan fingerprint density at radius 2 is 2.11 bits per heavy atom. The van der Waals surface area contributed by atoms with Gasteiger partial charge >= 0.3 is 0 Å². The zero-order chi connectivity index (χ0) is 14.3.